The highest BCUT2D eigenvalue weighted by Gasteiger charge is 2.58. The molecule has 0 saturated heterocycles. The second kappa shape index (κ2) is 4.04. The largest absolute Gasteiger partial charge is 0.479 e. The van der Waals surface area contributed by atoms with Crippen molar-refractivity contribution in [3.8, 4) is 0 Å². The SMILES string of the molecule is CC(NC(=O)CCl)(C(=O)O)C(F)(F)F. The molecular formula is C6H7ClF3NO3. The first kappa shape index (κ1) is 13.0. The Morgan fingerprint density at radius 3 is 2.07 bits per heavy atom. The number of amides is 1. The molecule has 0 aliphatic carbocycles. The Kier molecular flexibility index (Phi) is 3.75. The van der Waals surface area contributed by atoms with E-state index < -0.39 is 29.5 Å². The minimum Gasteiger partial charge on any atom is -0.479 e. The summed E-state index contributed by atoms with van der Waals surface area (Å²) < 4.78 is 36.6. The van der Waals surface area contributed by atoms with Gasteiger partial charge in [-0.25, -0.2) is 4.79 Å². The van der Waals surface area contributed by atoms with Crippen LogP contribution in [0.2, 0.25) is 0 Å². The first-order valence-electron chi connectivity index (χ1n) is 3.32. The van der Waals surface area contributed by atoms with E-state index in [1.165, 1.54) is 5.32 Å². The van der Waals surface area contributed by atoms with Gasteiger partial charge in [0.15, 0.2) is 0 Å². The first-order chi connectivity index (χ1) is 6.15. The zero-order valence-electron chi connectivity index (χ0n) is 6.98. The average Bonchev–Trinajstić information content (AvgIpc) is 2.01. The maximum Gasteiger partial charge on any atom is 0.422 e. The third kappa shape index (κ3) is 2.50. The number of carbonyl (C=O) groups is 2. The smallest absolute Gasteiger partial charge is 0.422 e. The zero-order valence-corrected chi connectivity index (χ0v) is 7.74. The molecule has 4 nitrogen and oxygen atoms in total. The number of aliphatic carboxylic acids is 1. The van der Waals surface area contributed by atoms with E-state index in [1.807, 2.05) is 0 Å². The highest BCUT2D eigenvalue weighted by Crippen LogP contribution is 2.30. The Labute approximate surface area is 82.0 Å². The predicted octanol–water partition coefficient (Wildman–Crippen LogP) is 0.747. The van der Waals surface area contributed by atoms with E-state index in [-0.39, 0.29) is 0 Å². The Bertz CT molecular complexity index is 255. The van der Waals surface area contributed by atoms with Crippen molar-refractivity contribution >= 4 is 23.5 Å². The van der Waals surface area contributed by atoms with Crippen molar-refractivity contribution < 1.29 is 27.9 Å². The molecule has 0 rings (SSSR count). The molecule has 0 bridgehead atoms. The van der Waals surface area contributed by atoms with E-state index in [2.05, 4.69) is 0 Å². The second-order valence-electron chi connectivity index (χ2n) is 2.61. The summed E-state index contributed by atoms with van der Waals surface area (Å²) >= 11 is 4.94. The third-order valence-electron chi connectivity index (χ3n) is 1.51. The van der Waals surface area contributed by atoms with E-state index in [1.54, 1.807) is 0 Å². The van der Waals surface area contributed by atoms with Gasteiger partial charge in [0.1, 0.15) is 5.88 Å². The molecule has 0 spiro atoms. The lowest BCUT2D eigenvalue weighted by atomic mass is 10.0. The highest BCUT2D eigenvalue weighted by molar-refractivity contribution is 6.27. The quantitative estimate of drug-likeness (QED) is 0.707. The van der Waals surface area contributed by atoms with Gasteiger partial charge in [-0.1, -0.05) is 0 Å². The summed E-state index contributed by atoms with van der Waals surface area (Å²) in [7, 11) is 0. The summed E-state index contributed by atoms with van der Waals surface area (Å²) in [4.78, 5) is 20.9. The van der Waals surface area contributed by atoms with E-state index >= 15 is 0 Å². The number of halogens is 4. The van der Waals surface area contributed by atoms with Crippen LogP contribution in [0.15, 0.2) is 0 Å². The molecule has 1 atom stereocenters. The molecule has 0 radical (unpaired) electrons. The third-order valence-corrected chi connectivity index (χ3v) is 1.75. The molecule has 82 valence electrons. The number of carboxylic acids is 1. The number of carbonyl (C=O) groups excluding carboxylic acids is 1. The molecule has 0 heterocycles. The molecule has 0 aromatic carbocycles. The van der Waals surface area contributed by atoms with Gasteiger partial charge in [-0.3, -0.25) is 4.79 Å². The zero-order chi connectivity index (χ0) is 11.6. The Hall–Kier alpha value is -0.980. The van der Waals surface area contributed by atoms with Crippen molar-refractivity contribution in [2.24, 2.45) is 0 Å². The predicted molar refractivity (Wildman–Crippen MR) is 41.0 cm³/mol. The summed E-state index contributed by atoms with van der Waals surface area (Å²) in [5, 5.41) is 9.62. The molecule has 1 amide bonds. The minimum atomic E-state index is -5.08. The highest BCUT2D eigenvalue weighted by atomic mass is 35.5. The van der Waals surface area contributed by atoms with Crippen LogP contribution in [0, 0.1) is 0 Å². The standard InChI is InChI=1S/C6H7ClF3NO3/c1-5(4(13)14,6(8,9)10)11-3(12)2-7/h2H2,1H3,(H,11,12)(H,13,14). The lowest BCUT2D eigenvalue weighted by molar-refractivity contribution is -0.206. The lowest BCUT2D eigenvalue weighted by Crippen LogP contribution is -2.62. The molecule has 8 heteroatoms. The summed E-state index contributed by atoms with van der Waals surface area (Å²) in [5.74, 6) is -4.13. The molecule has 0 aliphatic heterocycles. The van der Waals surface area contributed by atoms with Crippen LogP contribution in [0.25, 0.3) is 0 Å². The fourth-order valence-corrected chi connectivity index (χ4v) is 0.625. The molecule has 0 saturated carbocycles. The summed E-state index contributed by atoms with van der Waals surface area (Å²) in [6.07, 6.45) is -5.08. The molecule has 14 heavy (non-hydrogen) atoms. The number of hydrogen-bond donors (Lipinski definition) is 2. The van der Waals surface area contributed by atoms with Crippen LogP contribution in [0.1, 0.15) is 6.92 Å². The molecule has 0 aromatic heterocycles. The Morgan fingerprint density at radius 1 is 1.43 bits per heavy atom. The fraction of sp³-hybridized carbons (Fsp3) is 0.667. The van der Waals surface area contributed by atoms with E-state index in [9.17, 15) is 22.8 Å². The first-order valence-corrected chi connectivity index (χ1v) is 3.85. The van der Waals surface area contributed by atoms with Crippen molar-refractivity contribution in [3.63, 3.8) is 0 Å². The topological polar surface area (TPSA) is 66.4 Å². The summed E-state index contributed by atoms with van der Waals surface area (Å²) in [6.45, 7) is 0.347. The Morgan fingerprint density at radius 2 is 1.86 bits per heavy atom. The van der Waals surface area contributed by atoms with Gasteiger partial charge in [0.25, 0.3) is 0 Å². The van der Waals surface area contributed by atoms with Gasteiger partial charge in [-0.2, -0.15) is 13.2 Å². The lowest BCUT2D eigenvalue weighted by Gasteiger charge is -2.28. The molecule has 0 aromatic rings. The van der Waals surface area contributed by atoms with Gasteiger partial charge >= 0.3 is 12.1 Å². The molecular weight excluding hydrogens is 227 g/mol. The number of carboxylic acid groups (broad SMARTS) is 1. The number of hydrogen-bond acceptors (Lipinski definition) is 2. The van der Waals surface area contributed by atoms with Crippen LogP contribution in [-0.2, 0) is 9.59 Å². The van der Waals surface area contributed by atoms with Gasteiger partial charge in [-0.15, -0.1) is 11.6 Å². The van der Waals surface area contributed by atoms with Crippen LogP contribution in [0.5, 0.6) is 0 Å². The van der Waals surface area contributed by atoms with Gasteiger partial charge in [0.2, 0.25) is 11.4 Å². The van der Waals surface area contributed by atoms with Crippen molar-refractivity contribution in [2.45, 2.75) is 18.6 Å². The molecule has 1 unspecified atom stereocenters. The van der Waals surface area contributed by atoms with Crippen molar-refractivity contribution in [2.75, 3.05) is 5.88 Å². The Balaban J connectivity index is 4.93. The average molecular weight is 234 g/mol. The van der Waals surface area contributed by atoms with Crippen molar-refractivity contribution in [1.82, 2.24) is 5.32 Å². The van der Waals surface area contributed by atoms with Crippen LogP contribution in [0.4, 0.5) is 13.2 Å². The molecule has 0 aliphatic rings. The van der Waals surface area contributed by atoms with Crippen molar-refractivity contribution in [3.05, 3.63) is 0 Å². The second-order valence-corrected chi connectivity index (χ2v) is 2.88. The van der Waals surface area contributed by atoms with Gasteiger partial charge in [0.05, 0.1) is 0 Å². The normalized spacial score (nSPS) is 15.8. The van der Waals surface area contributed by atoms with E-state index in [0.717, 1.165) is 0 Å². The molecule has 0 fully saturated rings. The van der Waals surface area contributed by atoms with Gasteiger partial charge in [-0.05, 0) is 6.92 Å². The van der Waals surface area contributed by atoms with E-state index in [0.29, 0.717) is 6.92 Å². The van der Waals surface area contributed by atoms with E-state index in [4.69, 9.17) is 16.7 Å². The van der Waals surface area contributed by atoms with Crippen LogP contribution in [-0.4, -0.2) is 34.6 Å². The van der Waals surface area contributed by atoms with Crippen LogP contribution >= 0.6 is 11.6 Å². The van der Waals surface area contributed by atoms with Crippen LogP contribution < -0.4 is 5.32 Å². The monoisotopic (exact) mass is 233 g/mol. The maximum atomic E-state index is 12.2. The van der Waals surface area contributed by atoms with Crippen LogP contribution in [0.3, 0.4) is 0 Å². The van der Waals surface area contributed by atoms with Crippen molar-refractivity contribution in [1.29, 1.82) is 0 Å². The van der Waals surface area contributed by atoms with Gasteiger partial charge < -0.3 is 10.4 Å². The molecule has 2 N–H and O–H groups in total. The fourth-order valence-electron chi connectivity index (χ4n) is 0.558. The summed E-state index contributed by atoms with van der Waals surface area (Å²) in [6, 6.07) is 0. The van der Waals surface area contributed by atoms with Gasteiger partial charge in [0, 0.05) is 0 Å². The number of alkyl halides is 4. The maximum absolute atomic E-state index is 12.2. The number of nitrogens with one attached hydrogen (secondary N) is 1. The minimum absolute atomic E-state index is 0.347. The number of rotatable bonds is 3. The summed E-state index contributed by atoms with van der Waals surface area (Å²) in [5.41, 5.74) is -3.31.